The molecule has 22 heavy (non-hydrogen) atoms. The Labute approximate surface area is 128 Å². The van der Waals surface area contributed by atoms with Gasteiger partial charge in [0.25, 0.3) is 5.91 Å². The van der Waals surface area contributed by atoms with Gasteiger partial charge < -0.3 is 5.32 Å². The molecule has 1 aromatic carbocycles. The van der Waals surface area contributed by atoms with E-state index in [-0.39, 0.29) is 5.91 Å². The van der Waals surface area contributed by atoms with Gasteiger partial charge in [-0.15, -0.1) is 0 Å². The quantitative estimate of drug-likeness (QED) is 0.803. The van der Waals surface area contributed by atoms with Crippen LogP contribution in [0.3, 0.4) is 0 Å². The third-order valence-corrected chi connectivity index (χ3v) is 3.32. The first-order valence-corrected chi connectivity index (χ1v) is 7.01. The molecule has 0 radical (unpaired) electrons. The van der Waals surface area contributed by atoms with Gasteiger partial charge in [0.1, 0.15) is 0 Å². The van der Waals surface area contributed by atoms with Crippen LogP contribution in [0, 0.1) is 0 Å². The number of aryl methyl sites for hydroxylation is 1. The van der Waals surface area contributed by atoms with Crippen molar-refractivity contribution in [2.45, 2.75) is 6.54 Å². The normalized spacial score (nSPS) is 10.4. The molecule has 0 aliphatic carbocycles. The molecule has 5 heteroatoms. The maximum Gasteiger partial charge on any atom is 0.251 e. The average molecular weight is 292 g/mol. The smallest absolute Gasteiger partial charge is 0.251 e. The van der Waals surface area contributed by atoms with Crippen LogP contribution < -0.4 is 5.32 Å². The van der Waals surface area contributed by atoms with Crippen molar-refractivity contribution in [2.24, 2.45) is 7.05 Å². The molecule has 1 N–H and O–H groups in total. The Morgan fingerprint density at radius 3 is 2.64 bits per heavy atom. The molecule has 3 rings (SSSR count). The van der Waals surface area contributed by atoms with E-state index < -0.39 is 0 Å². The van der Waals surface area contributed by atoms with Crippen LogP contribution >= 0.6 is 0 Å². The average Bonchev–Trinajstić information content (AvgIpc) is 2.95. The number of hydrogen-bond donors (Lipinski definition) is 1. The number of carbonyl (C=O) groups excluding carboxylic acids is 1. The van der Waals surface area contributed by atoms with E-state index in [1.165, 1.54) is 0 Å². The van der Waals surface area contributed by atoms with Gasteiger partial charge >= 0.3 is 0 Å². The maximum absolute atomic E-state index is 12.0. The highest BCUT2D eigenvalue weighted by molar-refractivity contribution is 5.94. The zero-order chi connectivity index (χ0) is 15.4. The molecule has 0 bridgehead atoms. The van der Waals surface area contributed by atoms with Gasteiger partial charge in [0, 0.05) is 18.8 Å². The van der Waals surface area contributed by atoms with Gasteiger partial charge in [-0.25, -0.2) is 0 Å². The Balaban J connectivity index is 1.71. The molecule has 5 nitrogen and oxygen atoms in total. The minimum absolute atomic E-state index is 0.106. The third-order valence-electron chi connectivity index (χ3n) is 3.32. The van der Waals surface area contributed by atoms with E-state index in [1.54, 1.807) is 23.0 Å². The van der Waals surface area contributed by atoms with Crippen LogP contribution in [0.25, 0.3) is 11.4 Å². The Hall–Kier alpha value is -2.95. The van der Waals surface area contributed by atoms with E-state index in [0.29, 0.717) is 12.1 Å². The molecule has 0 saturated carbocycles. The van der Waals surface area contributed by atoms with Crippen LogP contribution in [0.1, 0.15) is 16.1 Å². The zero-order valence-corrected chi connectivity index (χ0v) is 12.2. The second-order valence-electron chi connectivity index (χ2n) is 4.91. The van der Waals surface area contributed by atoms with Gasteiger partial charge in [0.05, 0.1) is 23.6 Å². The van der Waals surface area contributed by atoms with Crippen LogP contribution in [0.15, 0.2) is 60.8 Å². The molecule has 0 atom stereocenters. The van der Waals surface area contributed by atoms with Crippen LogP contribution in [0.4, 0.5) is 0 Å². The summed E-state index contributed by atoms with van der Waals surface area (Å²) in [5, 5.41) is 7.29. The Bertz CT molecular complexity index is 766. The second kappa shape index (κ2) is 6.22. The predicted octanol–water partition coefficient (Wildman–Crippen LogP) is 2.41. The summed E-state index contributed by atoms with van der Waals surface area (Å²) in [6, 6.07) is 16.8. The van der Waals surface area contributed by atoms with Crippen molar-refractivity contribution in [3.63, 3.8) is 0 Å². The van der Waals surface area contributed by atoms with E-state index in [1.807, 2.05) is 49.5 Å². The molecule has 0 aliphatic heterocycles. The van der Waals surface area contributed by atoms with Crippen LogP contribution in [0.5, 0.6) is 0 Å². The highest BCUT2D eigenvalue weighted by Gasteiger charge is 2.10. The molecule has 0 aliphatic rings. The van der Waals surface area contributed by atoms with Crippen molar-refractivity contribution < 1.29 is 4.79 Å². The molecule has 3 aromatic rings. The minimum Gasteiger partial charge on any atom is -0.346 e. The molecule has 0 saturated heterocycles. The molecule has 0 unspecified atom stereocenters. The number of nitrogens with zero attached hydrogens (tertiary/aromatic N) is 3. The fourth-order valence-electron chi connectivity index (χ4n) is 2.23. The number of pyridine rings is 1. The number of carbonyl (C=O) groups is 1. The summed E-state index contributed by atoms with van der Waals surface area (Å²) in [6.07, 6.45) is 1.75. The molecule has 110 valence electrons. The van der Waals surface area contributed by atoms with Crippen LogP contribution in [-0.2, 0) is 13.6 Å². The van der Waals surface area contributed by atoms with E-state index in [4.69, 9.17) is 0 Å². The summed E-state index contributed by atoms with van der Waals surface area (Å²) >= 11 is 0. The molecule has 2 aromatic heterocycles. The number of aromatic nitrogens is 3. The van der Waals surface area contributed by atoms with Gasteiger partial charge in [-0.2, -0.15) is 5.10 Å². The standard InChI is InChI=1S/C17H16N4O/c1-21-16(15-9-5-6-10-18-15)11-14(20-21)12-19-17(22)13-7-3-2-4-8-13/h2-11H,12H2,1H3,(H,19,22). The van der Waals surface area contributed by atoms with E-state index >= 15 is 0 Å². The summed E-state index contributed by atoms with van der Waals surface area (Å²) in [7, 11) is 1.87. The molecule has 2 heterocycles. The molecule has 0 fully saturated rings. The lowest BCUT2D eigenvalue weighted by molar-refractivity contribution is 0.0950. The van der Waals surface area contributed by atoms with Crippen molar-refractivity contribution in [3.8, 4) is 11.4 Å². The van der Waals surface area contributed by atoms with Crippen LogP contribution in [-0.4, -0.2) is 20.7 Å². The van der Waals surface area contributed by atoms with E-state index in [2.05, 4.69) is 15.4 Å². The number of rotatable bonds is 4. The molecular formula is C17H16N4O. The monoisotopic (exact) mass is 292 g/mol. The Morgan fingerprint density at radius 1 is 1.14 bits per heavy atom. The van der Waals surface area contributed by atoms with Crippen molar-refractivity contribution in [1.29, 1.82) is 0 Å². The first-order chi connectivity index (χ1) is 10.7. The van der Waals surface area contributed by atoms with Crippen LogP contribution in [0.2, 0.25) is 0 Å². The SMILES string of the molecule is Cn1nc(CNC(=O)c2ccccc2)cc1-c1ccccn1. The van der Waals surface area contributed by atoms with Crippen molar-refractivity contribution in [1.82, 2.24) is 20.1 Å². The predicted molar refractivity (Wildman–Crippen MR) is 84.1 cm³/mol. The Morgan fingerprint density at radius 2 is 1.91 bits per heavy atom. The summed E-state index contributed by atoms with van der Waals surface area (Å²) < 4.78 is 1.77. The fraction of sp³-hybridized carbons (Fsp3) is 0.118. The number of nitrogens with one attached hydrogen (secondary N) is 1. The fourth-order valence-corrected chi connectivity index (χ4v) is 2.23. The van der Waals surface area contributed by atoms with Crippen molar-refractivity contribution in [3.05, 3.63) is 72.1 Å². The lowest BCUT2D eigenvalue weighted by Crippen LogP contribution is -2.22. The van der Waals surface area contributed by atoms with Gasteiger partial charge in [0.15, 0.2) is 0 Å². The largest absolute Gasteiger partial charge is 0.346 e. The van der Waals surface area contributed by atoms with Gasteiger partial charge in [-0.3, -0.25) is 14.5 Å². The first-order valence-electron chi connectivity index (χ1n) is 7.01. The number of hydrogen-bond acceptors (Lipinski definition) is 3. The topological polar surface area (TPSA) is 59.8 Å². The van der Waals surface area contributed by atoms with Crippen molar-refractivity contribution in [2.75, 3.05) is 0 Å². The lowest BCUT2D eigenvalue weighted by atomic mass is 10.2. The minimum atomic E-state index is -0.106. The first kappa shape index (κ1) is 14.0. The Kier molecular flexibility index (Phi) is 3.96. The highest BCUT2D eigenvalue weighted by Crippen LogP contribution is 2.16. The van der Waals surface area contributed by atoms with Crippen molar-refractivity contribution >= 4 is 5.91 Å². The van der Waals surface area contributed by atoms with Gasteiger partial charge in [-0.1, -0.05) is 24.3 Å². The summed E-state index contributed by atoms with van der Waals surface area (Å²) in [4.78, 5) is 16.3. The number of amides is 1. The summed E-state index contributed by atoms with van der Waals surface area (Å²) in [5.74, 6) is -0.106. The summed E-state index contributed by atoms with van der Waals surface area (Å²) in [6.45, 7) is 0.383. The molecular weight excluding hydrogens is 276 g/mol. The maximum atomic E-state index is 12.0. The zero-order valence-electron chi connectivity index (χ0n) is 12.2. The molecule has 0 spiro atoms. The lowest BCUT2D eigenvalue weighted by Gasteiger charge is -2.02. The highest BCUT2D eigenvalue weighted by atomic mass is 16.1. The van der Waals surface area contributed by atoms with E-state index in [9.17, 15) is 4.79 Å². The third kappa shape index (κ3) is 3.03. The van der Waals surface area contributed by atoms with Gasteiger partial charge in [0.2, 0.25) is 0 Å². The van der Waals surface area contributed by atoms with E-state index in [0.717, 1.165) is 17.1 Å². The van der Waals surface area contributed by atoms with Gasteiger partial charge in [-0.05, 0) is 30.3 Å². The second-order valence-corrected chi connectivity index (χ2v) is 4.91. The summed E-state index contributed by atoms with van der Waals surface area (Å²) in [5.41, 5.74) is 3.22. The molecule has 1 amide bonds. The number of benzene rings is 1.